The first-order chi connectivity index (χ1) is 8.65. The molecule has 96 valence electrons. The molecule has 2 saturated heterocycles. The second kappa shape index (κ2) is 4.98. The maximum Gasteiger partial charge on any atom is 0.253 e. The Hall–Kier alpha value is -0.330. The molecule has 18 heavy (non-hydrogen) atoms. The Labute approximate surface area is 125 Å². The van der Waals surface area contributed by atoms with Gasteiger partial charge in [-0.3, -0.25) is 4.79 Å². The van der Waals surface area contributed by atoms with Crippen molar-refractivity contribution >= 4 is 40.1 Å². The van der Waals surface area contributed by atoms with Crippen LogP contribution in [0.1, 0.15) is 10.4 Å². The third-order valence-corrected chi connectivity index (χ3v) is 5.42. The number of amides is 1. The van der Waals surface area contributed by atoms with Gasteiger partial charge in [0.25, 0.3) is 5.91 Å². The van der Waals surface area contributed by atoms with Crippen LogP contribution in [0.25, 0.3) is 0 Å². The Morgan fingerprint density at radius 2 is 2.00 bits per heavy atom. The van der Waals surface area contributed by atoms with E-state index in [0.717, 1.165) is 29.7 Å². The van der Waals surface area contributed by atoms with E-state index >= 15 is 0 Å². The predicted octanol–water partition coefficient (Wildman–Crippen LogP) is 2.24. The van der Waals surface area contributed by atoms with Gasteiger partial charge in [0.15, 0.2) is 0 Å². The summed E-state index contributed by atoms with van der Waals surface area (Å²) in [6.45, 7) is 3.84. The van der Waals surface area contributed by atoms with Crippen molar-refractivity contribution in [3.8, 4) is 0 Å². The van der Waals surface area contributed by atoms with E-state index in [1.54, 1.807) is 6.07 Å². The second-order valence-corrected chi connectivity index (χ2v) is 6.59. The minimum atomic E-state index is 0.114. The van der Waals surface area contributed by atoms with Crippen molar-refractivity contribution in [3.63, 3.8) is 0 Å². The van der Waals surface area contributed by atoms with Crippen molar-refractivity contribution in [1.82, 2.24) is 10.2 Å². The molecule has 0 radical (unpaired) electrons. The first kappa shape index (κ1) is 12.7. The molecule has 0 aliphatic carbocycles. The van der Waals surface area contributed by atoms with E-state index in [2.05, 4.69) is 27.9 Å². The monoisotopic (exact) mass is 376 g/mol. The molecule has 0 unspecified atom stereocenters. The third kappa shape index (κ3) is 2.26. The Kier molecular flexibility index (Phi) is 3.51. The first-order valence-corrected chi connectivity index (χ1v) is 7.56. The molecule has 2 heterocycles. The van der Waals surface area contributed by atoms with E-state index in [0.29, 0.717) is 22.4 Å². The highest BCUT2D eigenvalue weighted by Gasteiger charge is 2.38. The number of nitrogens with zero attached hydrogens (tertiary/aromatic N) is 1. The lowest BCUT2D eigenvalue weighted by Gasteiger charge is -2.17. The quantitative estimate of drug-likeness (QED) is 0.763. The summed E-state index contributed by atoms with van der Waals surface area (Å²) < 4.78 is 0.980. The fraction of sp³-hybridized carbons (Fsp3) is 0.462. The smallest absolute Gasteiger partial charge is 0.253 e. The van der Waals surface area contributed by atoms with Gasteiger partial charge in [0.2, 0.25) is 0 Å². The van der Waals surface area contributed by atoms with Crippen molar-refractivity contribution in [2.24, 2.45) is 11.8 Å². The second-order valence-electron chi connectivity index (χ2n) is 5.02. The number of hydrogen-bond acceptors (Lipinski definition) is 2. The summed E-state index contributed by atoms with van der Waals surface area (Å²) in [6.07, 6.45) is 0. The number of hydrogen-bond donors (Lipinski definition) is 1. The summed E-state index contributed by atoms with van der Waals surface area (Å²) in [5, 5.41) is 4.04. The van der Waals surface area contributed by atoms with Crippen LogP contribution in [0.4, 0.5) is 0 Å². The zero-order valence-corrected chi connectivity index (χ0v) is 12.7. The summed E-state index contributed by atoms with van der Waals surface area (Å²) in [4.78, 5) is 14.4. The average molecular weight is 377 g/mol. The van der Waals surface area contributed by atoms with Gasteiger partial charge in [-0.05, 0) is 52.6 Å². The fourth-order valence-corrected chi connectivity index (χ4v) is 3.35. The SMILES string of the molecule is O=C(c1ccc(I)c(Cl)c1)N1C[C@H]2CNC[C@H]2C1. The number of carbonyl (C=O) groups is 1. The highest BCUT2D eigenvalue weighted by Crippen LogP contribution is 2.28. The molecular weight excluding hydrogens is 363 g/mol. The van der Waals surface area contributed by atoms with E-state index in [4.69, 9.17) is 11.6 Å². The van der Waals surface area contributed by atoms with Crippen LogP contribution in [-0.2, 0) is 0 Å². The van der Waals surface area contributed by atoms with Crippen LogP contribution in [0.5, 0.6) is 0 Å². The maximum absolute atomic E-state index is 12.4. The number of likely N-dealkylation sites (tertiary alicyclic amines) is 1. The summed E-state index contributed by atoms with van der Waals surface area (Å²) in [6, 6.07) is 5.54. The number of nitrogens with one attached hydrogen (secondary N) is 1. The topological polar surface area (TPSA) is 32.3 Å². The number of rotatable bonds is 1. The van der Waals surface area contributed by atoms with E-state index in [9.17, 15) is 4.79 Å². The van der Waals surface area contributed by atoms with Crippen molar-refractivity contribution in [2.75, 3.05) is 26.2 Å². The largest absolute Gasteiger partial charge is 0.338 e. The van der Waals surface area contributed by atoms with E-state index in [1.807, 2.05) is 17.0 Å². The van der Waals surface area contributed by atoms with Crippen molar-refractivity contribution < 1.29 is 4.79 Å². The molecule has 3 rings (SSSR count). The molecule has 1 aromatic carbocycles. The summed E-state index contributed by atoms with van der Waals surface area (Å²) >= 11 is 8.24. The highest BCUT2D eigenvalue weighted by atomic mass is 127. The lowest BCUT2D eigenvalue weighted by Crippen LogP contribution is -2.31. The molecule has 2 aliphatic heterocycles. The molecule has 3 nitrogen and oxygen atoms in total. The van der Waals surface area contributed by atoms with Gasteiger partial charge in [-0.15, -0.1) is 0 Å². The maximum atomic E-state index is 12.4. The van der Waals surface area contributed by atoms with E-state index in [1.165, 1.54) is 0 Å². The third-order valence-electron chi connectivity index (χ3n) is 3.84. The van der Waals surface area contributed by atoms with Gasteiger partial charge >= 0.3 is 0 Å². The van der Waals surface area contributed by atoms with Gasteiger partial charge in [-0.2, -0.15) is 0 Å². The molecule has 1 N–H and O–H groups in total. The zero-order chi connectivity index (χ0) is 12.7. The Morgan fingerprint density at radius 3 is 2.61 bits per heavy atom. The molecule has 1 amide bonds. The highest BCUT2D eigenvalue weighted by molar-refractivity contribution is 14.1. The molecule has 2 fully saturated rings. The molecular formula is C13H14ClIN2O. The summed E-state index contributed by atoms with van der Waals surface area (Å²) in [7, 11) is 0. The van der Waals surface area contributed by atoms with Crippen LogP contribution in [0.2, 0.25) is 5.02 Å². The van der Waals surface area contributed by atoms with Crippen LogP contribution in [0, 0.1) is 15.4 Å². The fourth-order valence-electron chi connectivity index (χ4n) is 2.83. The van der Waals surface area contributed by atoms with Crippen molar-refractivity contribution in [1.29, 1.82) is 0 Å². The Morgan fingerprint density at radius 1 is 1.33 bits per heavy atom. The number of carbonyl (C=O) groups excluding carboxylic acids is 1. The van der Waals surface area contributed by atoms with Gasteiger partial charge < -0.3 is 10.2 Å². The normalized spacial score (nSPS) is 26.4. The van der Waals surface area contributed by atoms with Gasteiger partial charge in [0, 0.05) is 35.3 Å². The molecule has 0 saturated carbocycles. The number of fused-ring (bicyclic) bond motifs is 1. The van der Waals surface area contributed by atoms with Gasteiger partial charge in [-0.25, -0.2) is 0 Å². The number of benzene rings is 1. The summed E-state index contributed by atoms with van der Waals surface area (Å²) in [5.41, 5.74) is 0.702. The van der Waals surface area contributed by atoms with Crippen LogP contribution in [-0.4, -0.2) is 37.0 Å². The molecule has 2 atom stereocenters. The zero-order valence-electron chi connectivity index (χ0n) is 9.83. The molecule has 0 spiro atoms. The van der Waals surface area contributed by atoms with Crippen LogP contribution >= 0.6 is 34.2 Å². The lowest BCUT2D eigenvalue weighted by molar-refractivity contribution is 0.0781. The van der Waals surface area contributed by atoms with Crippen LogP contribution < -0.4 is 5.32 Å². The minimum Gasteiger partial charge on any atom is -0.338 e. The van der Waals surface area contributed by atoms with Gasteiger partial charge in [-0.1, -0.05) is 11.6 Å². The first-order valence-electron chi connectivity index (χ1n) is 6.10. The molecule has 0 aromatic heterocycles. The van der Waals surface area contributed by atoms with Crippen LogP contribution in [0.15, 0.2) is 18.2 Å². The van der Waals surface area contributed by atoms with Crippen LogP contribution in [0.3, 0.4) is 0 Å². The van der Waals surface area contributed by atoms with Crippen molar-refractivity contribution in [2.45, 2.75) is 0 Å². The van der Waals surface area contributed by atoms with Gasteiger partial charge in [0.05, 0.1) is 5.02 Å². The Bertz CT molecular complexity index is 482. The average Bonchev–Trinajstić information content (AvgIpc) is 2.92. The molecule has 0 bridgehead atoms. The number of halogens is 2. The minimum absolute atomic E-state index is 0.114. The Balaban J connectivity index is 1.77. The van der Waals surface area contributed by atoms with E-state index < -0.39 is 0 Å². The lowest BCUT2D eigenvalue weighted by atomic mass is 10.0. The van der Waals surface area contributed by atoms with Crippen molar-refractivity contribution in [3.05, 3.63) is 32.4 Å². The standard InChI is InChI=1S/C13H14ClIN2O/c14-11-3-8(1-2-12(11)15)13(18)17-6-9-4-16-5-10(9)7-17/h1-3,9-10,16H,4-7H2/t9-,10+. The summed E-state index contributed by atoms with van der Waals surface area (Å²) in [5.74, 6) is 1.38. The van der Waals surface area contributed by atoms with Gasteiger partial charge in [0.1, 0.15) is 0 Å². The molecule has 5 heteroatoms. The molecule has 1 aromatic rings. The molecule has 2 aliphatic rings. The van der Waals surface area contributed by atoms with E-state index in [-0.39, 0.29) is 5.91 Å². The predicted molar refractivity (Wildman–Crippen MR) is 79.9 cm³/mol.